The molecule has 0 aliphatic carbocycles. The van der Waals surface area contributed by atoms with Crippen LogP contribution in [-0.2, 0) is 11.2 Å². The summed E-state index contributed by atoms with van der Waals surface area (Å²) in [6.07, 6.45) is 2.10. The van der Waals surface area contributed by atoms with E-state index in [2.05, 4.69) is 4.98 Å². The highest BCUT2D eigenvalue weighted by atomic mass is 16.2. The van der Waals surface area contributed by atoms with E-state index in [0.717, 1.165) is 11.3 Å². The smallest absolute Gasteiger partial charge is 0.255 e. The monoisotopic (exact) mass is 323 g/mol. The Balaban J connectivity index is 1.57. The van der Waals surface area contributed by atoms with E-state index < -0.39 is 0 Å². The summed E-state index contributed by atoms with van der Waals surface area (Å²) < 4.78 is 0. The normalized spacial score (nSPS) is 14.5. The molecule has 124 valence electrons. The first-order valence-electron chi connectivity index (χ1n) is 8.18. The summed E-state index contributed by atoms with van der Waals surface area (Å²) in [4.78, 5) is 32.8. The molecule has 0 unspecified atom stereocenters. The van der Waals surface area contributed by atoms with E-state index in [4.69, 9.17) is 0 Å². The van der Waals surface area contributed by atoms with Crippen molar-refractivity contribution in [1.29, 1.82) is 0 Å². The number of rotatable bonds is 3. The molecule has 0 radical (unpaired) electrons. The minimum absolute atomic E-state index is 0.00393. The molecule has 1 aliphatic rings. The third-order valence-electron chi connectivity index (χ3n) is 4.36. The highest BCUT2D eigenvalue weighted by molar-refractivity contribution is 5.95. The molecule has 0 spiro atoms. The topological polar surface area (TPSA) is 53.5 Å². The molecule has 3 rings (SSSR count). The lowest BCUT2D eigenvalue weighted by atomic mass is 10.1. The first-order valence-corrected chi connectivity index (χ1v) is 8.18. The van der Waals surface area contributed by atoms with Gasteiger partial charge in [0, 0.05) is 38.1 Å². The van der Waals surface area contributed by atoms with Crippen LogP contribution in [0.3, 0.4) is 0 Å². The lowest BCUT2D eigenvalue weighted by Crippen LogP contribution is -2.51. The summed E-state index contributed by atoms with van der Waals surface area (Å²) in [6.45, 7) is 4.13. The van der Waals surface area contributed by atoms with E-state index in [1.807, 2.05) is 42.2 Å². The van der Waals surface area contributed by atoms with Crippen LogP contribution in [0.1, 0.15) is 21.6 Å². The predicted molar refractivity (Wildman–Crippen MR) is 91.6 cm³/mol. The number of piperazine rings is 1. The molecule has 1 saturated heterocycles. The van der Waals surface area contributed by atoms with Gasteiger partial charge in [0.1, 0.15) is 0 Å². The Morgan fingerprint density at radius 3 is 2.29 bits per heavy atom. The SMILES string of the molecule is Cc1ncccc1C(=O)N1CCN(C(=O)Cc2ccccc2)CC1. The molecule has 2 heterocycles. The van der Waals surface area contributed by atoms with Crippen LogP contribution < -0.4 is 0 Å². The van der Waals surface area contributed by atoms with Crippen molar-refractivity contribution in [2.75, 3.05) is 26.2 Å². The van der Waals surface area contributed by atoms with Crippen LogP contribution in [0.15, 0.2) is 48.7 Å². The first kappa shape index (κ1) is 16.2. The van der Waals surface area contributed by atoms with Gasteiger partial charge in [-0.1, -0.05) is 30.3 Å². The number of amides is 2. The second-order valence-electron chi connectivity index (χ2n) is 5.97. The van der Waals surface area contributed by atoms with E-state index in [0.29, 0.717) is 38.2 Å². The lowest BCUT2D eigenvalue weighted by Gasteiger charge is -2.35. The maximum atomic E-state index is 12.6. The summed E-state index contributed by atoms with van der Waals surface area (Å²) in [5, 5.41) is 0. The second-order valence-corrected chi connectivity index (χ2v) is 5.97. The molecule has 1 aromatic heterocycles. The molecule has 2 aromatic rings. The van der Waals surface area contributed by atoms with Gasteiger partial charge >= 0.3 is 0 Å². The number of nitrogens with zero attached hydrogens (tertiary/aromatic N) is 3. The highest BCUT2D eigenvalue weighted by Crippen LogP contribution is 2.12. The molecule has 1 fully saturated rings. The Morgan fingerprint density at radius 1 is 0.958 bits per heavy atom. The number of benzene rings is 1. The number of aryl methyl sites for hydroxylation is 1. The summed E-state index contributed by atoms with van der Waals surface area (Å²) in [6, 6.07) is 13.3. The van der Waals surface area contributed by atoms with E-state index >= 15 is 0 Å². The predicted octanol–water partition coefficient (Wildman–Crippen LogP) is 1.92. The Bertz CT molecular complexity index is 722. The molecule has 0 bridgehead atoms. The van der Waals surface area contributed by atoms with Gasteiger partial charge < -0.3 is 9.80 Å². The average Bonchev–Trinajstić information content (AvgIpc) is 2.62. The quantitative estimate of drug-likeness (QED) is 0.867. The largest absolute Gasteiger partial charge is 0.339 e. The van der Waals surface area contributed by atoms with Crippen molar-refractivity contribution in [3.05, 3.63) is 65.5 Å². The standard InChI is InChI=1S/C19H21N3O2/c1-15-17(8-5-9-20-15)19(24)22-12-10-21(11-13-22)18(23)14-16-6-3-2-4-7-16/h2-9H,10-14H2,1H3. The number of hydrogen-bond donors (Lipinski definition) is 0. The van der Waals surface area contributed by atoms with Crippen LogP contribution in [0.5, 0.6) is 0 Å². The summed E-state index contributed by atoms with van der Waals surface area (Å²) in [7, 11) is 0. The number of hydrogen-bond acceptors (Lipinski definition) is 3. The van der Waals surface area contributed by atoms with Crippen molar-refractivity contribution in [3.63, 3.8) is 0 Å². The second kappa shape index (κ2) is 7.25. The summed E-state index contributed by atoms with van der Waals surface area (Å²) in [5.74, 6) is 0.113. The third-order valence-corrected chi connectivity index (χ3v) is 4.36. The molecule has 0 atom stereocenters. The van der Waals surface area contributed by atoms with Crippen LogP contribution in [0.2, 0.25) is 0 Å². The van der Waals surface area contributed by atoms with Crippen LogP contribution >= 0.6 is 0 Å². The zero-order valence-corrected chi connectivity index (χ0v) is 13.8. The van der Waals surface area contributed by atoms with E-state index in [1.54, 1.807) is 23.2 Å². The molecule has 2 amide bonds. The van der Waals surface area contributed by atoms with Gasteiger partial charge in [-0.25, -0.2) is 0 Å². The Hall–Kier alpha value is -2.69. The molecule has 1 aliphatic heterocycles. The van der Waals surface area contributed by atoms with Gasteiger partial charge in [-0.05, 0) is 24.6 Å². The molecule has 5 heteroatoms. The number of aromatic nitrogens is 1. The molecular formula is C19H21N3O2. The highest BCUT2D eigenvalue weighted by Gasteiger charge is 2.25. The fraction of sp³-hybridized carbons (Fsp3) is 0.316. The first-order chi connectivity index (χ1) is 11.6. The molecule has 1 aromatic carbocycles. The van der Waals surface area contributed by atoms with E-state index in [1.165, 1.54) is 0 Å². The number of carbonyl (C=O) groups excluding carboxylic acids is 2. The average molecular weight is 323 g/mol. The van der Waals surface area contributed by atoms with Crippen LogP contribution in [0.25, 0.3) is 0 Å². The van der Waals surface area contributed by atoms with Crippen molar-refractivity contribution in [2.24, 2.45) is 0 Å². The van der Waals surface area contributed by atoms with Crippen LogP contribution in [-0.4, -0.2) is 52.8 Å². The molecule has 5 nitrogen and oxygen atoms in total. The Kier molecular flexibility index (Phi) is 4.89. The number of pyridine rings is 1. The Labute approximate surface area is 141 Å². The summed E-state index contributed by atoms with van der Waals surface area (Å²) in [5.41, 5.74) is 2.40. The fourth-order valence-electron chi connectivity index (χ4n) is 2.92. The van der Waals surface area contributed by atoms with Crippen molar-refractivity contribution in [3.8, 4) is 0 Å². The molecular weight excluding hydrogens is 302 g/mol. The Morgan fingerprint density at radius 2 is 1.62 bits per heavy atom. The van der Waals surface area contributed by atoms with Crippen molar-refractivity contribution in [1.82, 2.24) is 14.8 Å². The minimum Gasteiger partial charge on any atom is -0.339 e. The van der Waals surface area contributed by atoms with Crippen LogP contribution in [0, 0.1) is 6.92 Å². The van der Waals surface area contributed by atoms with Gasteiger partial charge in [0.15, 0.2) is 0 Å². The van der Waals surface area contributed by atoms with Gasteiger partial charge in [0.25, 0.3) is 5.91 Å². The van der Waals surface area contributed by atoms with E-state index in [9.17, 15) is 9.59 Å². The molecule has 24 heavy (non-hydrogen) atoms. The third kappa shape index (κ3) is 3.62. The molecule has 0 saturated carbocycles. The fourth-order valence-corrected chi connectivity index (χ4v) is 2.92. The van der Waals surface area contributed by atoms with Crippen molar-refractivity contribution in [2.45, 2.75) is 13.3 Å². The van der Waals surface area contributed by atoms with Gasteiger partial charge in [0.2, 0.25) is 5.91 Å². The van der Waals surface area contributed by atoms with Gasteiger partial charge in [-0.15, -0.1) is 0 Å². The van der Waals surface area contributed by atoms with E-state index in [-0.39, 0.29) is 11.8 Å². The van der Waals surface area contributed by atoms with Gasteiger partial charge in [-0.3, -0.25) is 14.6 Å². The van der Waals surface area contributed by atoms with Crippen LogP contribution in [0.4, 0.5) is 0 Å². The zero-order valence-electron chi connectivity index (χ0n) is 13.8. The maximum absolute atomic E-state index is 12.6. The molecule has 0 N–H and O–H groups in total. The maximum Gasteiger partial charge on any atom is 0.255 e. The zero-order chi connectivity index (χ0) is 16.9. The van der Waals surface area contributed by atoms with Gasteiger partial charge in [-0.2, -0.15) is 0 Å². The number of carbonyl (C=O) groups is 2. The van der Waals surface area contributed by atoms with Crippen molar-refractivity contribution < 1.29 is 9.59 Å². The van der Waals surface area contributed by atoms with Gasteiger partial charge in [0.05, 0.1) is 12.0 Å². The lowest BCUT2D eigenvalue weighted by molar-refractivity contribution is -0.131. The minimum atomic E-state index is -0.00393. The van der Waals surface area contributed by atoms with Crippen molar-refractivity contribution >= 4 is 11.8 Å². The summed E-state index contributed by atoms with van der Waals surface area (Å²) >= 11 is 0.